The topological polar surface area (TPSA) is 64.3 Å². The van der Waals surface area contributed by atoms with Crippen molar-refractivity contribution in [3.05, 3.63) is 22.7 Å². The lowest BCUT2D eigenvalue weighted by Gasteiger charge is -2.23. The van der Waals surface area contributed by atoms with Gasteiger partial charge in [-0.15, -0.1) is 0 Å². The molecule has 0 unspecified atom stereocenters. The summed E-state index contributed by atoms with van der Waals surface area (Å²) in [5.41, 5.74) is 6.35. The van der Waals surface area contributed by atoms with E-state index in [1.165, 1.54) is 0 Å². The van der Waals surface area contributed by atoms with E-state index in [0.29, 0.717) is 24.4 Å². The van der Waals surface area contributed by atoms with E-state index >= 15 is 0 Å². The largest absolute Gasteiger partial charge is 0.495 e. The number of anilines is 1. The van der Waals surface area contributed by atoms with Gasteiger partial charge in [0.2, 0.25) is 5.91 Å². The molecule has 1 aromatic carbocycles. The number of amides is 1. The Hall–Kier alpha value is -1.07. The van der Waals surface area contributed by atoms with Gasteiger partial charge in [0, 0.05) is 10.9 Å². The number of methoxy groups -OCH3 is 1. The lowest BCUT2D eigenvalue weighted by Crippen LogP contribution is -2.20. The summed E-state index contributed by atoms with van der Waals surface area (Å²) in [6, 6.07) is 5.53. The van der Waals surface area contributed by atoms with Crippen LogP contribution in [0.4, 0.5) is 5.69 Å². The van der Waals surface area contributed by atoms with Crippen LogP contribution < -0.4 is 15.8 Å². The second-order valence-electron chi connectivity index (χ2n) is 5.60. The molecule has 0 aliphatic heterocycles. The fourth-order valence-corrected chi connectivity index (χ4v) is 2.32. The zero-order valence-electron chi connectivity index (χ0n) is 12.3. The van der Waals surface area contributed by atoms with Crippen molar-refractivity contribution < 1.29 is 9.53 Å². The van der Waals surface area contributed by atoms with E-state index < -0.39 is 0 Å². The van der Waals surface area contributed by atoms with E-state index in [0.717, 1.165) is 17.3 Å². The highest BCUT2D eigenvalue weighted by atomic mass is 79.9. The maximum Gasteiger partial charge on any atom is 0.224 e. The molecule has 0 aliphatic carbocycles. The molecule has 0 heterocycles. The fraction of sp³-hybridized carbons (Fsp3) is 0.533. The molecule has 112 valence electrons. The molecule has 1 rings (SSSR count). The number of halogens is 1. The van der Waals surface area contributed by atoms with Crippen molar-refractivity contribution in [1.82, 2.24) is 0 Å². The zero-order chi connectivity index (χ0) is 15.2. The van der Waals surface area contributed by atoms with Crippen LogP contribution in [-0.2, 0) is 4.79 Å². The first kappa shape index (κ1) is 17.0. The summed E-state index contributed by atoms with van der Waals surface area (Å²) in [5, 5.41) is 2.89. The summed E-state index contributed by atoms with van der Waals surface area (Å²) in [4.78, 5) is 12.0. The molecule has 3 N–H and O–H groups in total. The molecule has 4 nitrogen and oxygen atoms in total. The number of rotatable bonds is 7. The van der Waals surface area contributed by atoms with Crippen LogP contribution >= 0.6 is 15.9 Å². The normalized spacial score (nSPS) is 11.2. The number of nitrogens with one attached hydrogen (secondary N) is 1. The van der Waals surface area contributed by atoms with Gasteiger partial charge in [0.1, 0.15) is 5.75 Å². The fourth-order valence-electron chi connectivity index (χ4n) is 1.96. The number of hydrogen-bond donors (Lipinski definition) is 2. The standard InChI is InChI=1S/C15H23BrN2O2/c1-15(2,8-9-17)7-6-14(19)18-12-10-11(16)4-5-13(12)20-3/h4-5,10H,6-9,17H2,1-3H3,(H,18,19). The van der Waals surface area contributed by atoms with Gasteiger partial charge >= 0.3 is 0 Å². The lowest BCUT2D eigenvalue weighted by molar-refractivity contribution is -0.116. The molecule has 5 heteroatoms. The second-order valence-corrected chi connectivity index (χ2v) is 6.51. The number of carbonyl (C=O) groups excluding carboxylic acids is 1. The third-order valence-electron chi connectivity index (χ3n) is 3.29. The summed E-state index contributed by atoms with van der Waals surface area (Å²) in [7, 11) is 1.59. The van der Waals surface area contributed by atoms with Crippen LogP contribution in [0.3, 0.4) is 0 Å². The van der Waals surface area contributed by atoms with Gasteiger partial charge in [0.05, 0.1) is 12.8 Å². The Kier molecular flexibility index (Phi) is 6.49. The van der Waals surface area contributed by atoms with Gasteiger partial charge in [0.15, 0.2) is 0 Å². The molecule has 1 amide bonds. The zero-order valence-corrected chi connectivity index (χ0v) is 13.9. The highest BCUT2D eigenvalue weighted by molar-refractivity contribution is 9.10. The van der Waals surface area contributed by atoms with E-state index in [9.17, 15) is 4.79 Å². The predicted molar refractivity (Wildman–Crippen MR) is 86.0 cm³/mol. The minimum absolute atomic E-state index is 0.00787. The van der Waals surface area contributed by atoms with Gasteiger partial charge in [-0.05, 0) is 43.0 Å². The van der Waals surface area contributed by atoms with Gasteiger partial charge in [-0.1, -0.05) is 29.8 Å². The smallest absolute Gasteiger partial charge is 0.224 e. The van der Waals surface area contributed by atoms with Gasteiger partial charge in [-0.25, -0.2) is 0 Å². The van der Waals surface area contributed by atoms with Crippen LogP contribution in [0, 0.1) is 5.41 Å². The van der Waals surface area contributed by atoms with Crippen molar-refractivity contribution >= 4 is 27.5 Å². The summed E-state index contributed by atoms with van der Waals surface area (Å²) in [6.07, 6.45) is 2.20. The minimum Gasteiger partial charge on any atom is -0.495 e. The average molecular weight is 343 g/mol. The van der Waals surface area contributed by atoms with E-state index in [1.807, 2.05) is 18.2 Å². The highest BCUT2D eigenvalue weighted by Gasteiger charge is 2.18. The van der Waals surface area contributed by atoms with Crippen molar-refractivity contribution in [2.24, 2.45) is 11.1 Å². The molecule has 0 fully saturated rings. The summed E-state index contributed by atoms with van der Waals surface area (Å²) < 4.78 is 6.13. The second kappa shape index (κ2) is 7.64. The van der Waals surface area contributed by atoms with E-state index in [2.05, 4.69) is 35.1 Å². The van der Waals surface area contributed by atoms with Crippen LogP contribution in [0.25, 0.3) is 0 Å². The third-order valence-corrected chi connectivity index (χ3v) is 3.78. The summed E-state index contributed by atoms with van der Waals surface area (Å²) >= 11 is 3.39. The molecule has 20 heavy (non-hydrogen) atoms. The Morgan fingerprint density at radius 1 is 1.40 bits per heavy atom. The lowest BCUT2D eigenvalue weighted by atomic mass is 9.84. The Labute approximate surface area is 129 Å². The van der Waals surface area contributed by atoms with Crippen molar-refractivity contribution in [2.45, 2.75) is 33.1 Å². The van der Waals surface area contributed by atoms with Crippen molar-refractivity contribution in [1.29, 1.82) is 0 Å². The Balaban J connectivity index is 2.61. The number of ether oxygens (including phenoxy) is 1. The van der Waals surface area contributed by atoms with Gasteiger partial charge in [0.25, 0.3) is 0 Å². The van der Waals surface area contributed by atoms with E-state index in [4.69, 9.17) is 10.5 Å². The highest BCUT2D eigenvalue weighted by Crippen LogP contribution is 2.29. The molecular weight excluding hydrogens is 320 g/mol. The van der Waals surface area contributed by atoms with Crippen LogP contribution in [0.15, 0.2) is 22.7 Å². The van der Waals surface area contributed by atoms with Gasteiger partial charge < -0.3 is 15.8 Å². The quantitative estimate of drug-likeness (QED) is 0.796. The van der Waals surface area contributed by atoms with Crippen LogP contribution in [0.5, 0.6) is 5.75 Å². The summed E-state index contributed by atoms with van der Waals surface area (Å²) in [5.74, 6) is 0.647. The molecular formula is C15H23BrN2O2. The Morgan fingerprint density at radius 3 is 2.70 bits per heavy atom. The molecule has 0 atom stereocenters. The van der Waals surface area contributed by atoms with Gasteiger partial charge in [-0.3, -0.25) is 4.79 Å². The molecule has 0 spiro atoms. The van der Waals surface area contributed by atoms with E-state index in [1.54, 1.807) is 7.11 Å². The van der Waals surface area contributed by atoms with Crippen LogP contribution in [-0.4, -0.2) is 19.6 Å². The van der Waals surface area contributed by atoms with Crippen molar-refractivity contribution in [3.8, 4) is 5.75 Å². The van der Waals surface area contributed by atoms with Crippen LogP contribution in [0.2, 0.25) is 0 Å². The summed E-state index contributed by atoms with van der Waals surface area (Å²) in [6.45, 7) is 4.91. The van der Waals surface area contributed by atoms with Crippen LogP contribution in [0.1, 0.15) is 33.1 Å². The molecule has 1 aromatic rings. The van der Waals surface area contributed by atoms with Gasteiger partial charge in [-0.2, -0.15) is 0 Å². The predicted octanol–water partition coefficient (Wildman–Crippen LogP) is 3.55. The molecule has 0 saturated carbocycles. The Morgan fingerprint density at radius 2 is 2.10 bits per heavy atom. The number of carbonyl (C=O) groups is 1. The Bertz CT molecular complexity index is 461. The SMILES string of the molecule is COc1ccc(Br)cc1NC(=O)CCC(C)(C)CCN. The molecule has 0 saturated heterocycles. The molecule has 0 aromatic heterocycles. The third kappa shape index (κ3) is 5.51. The minimum atomic E-state index is -0.00787. The maximum atomic E-state index is 12.0. The number of nitrogens with two attached hydrogens (primary N) is 1. The monoisotopic (exact) mass is 342 g/mol. The van der Waals surface area contributed by atoms with E-state index in [-0.39, 0.29) is 11.3 Å². The molecule has 0 aliphatic rings. The molecule has 0 bridgehead atoms. The number of hydrogen-bond acceptors (Lipinski definition) is 3. The molecule has 0 radical (unpaired) electrons. The maximum absolute atomic E-state index is 12.0. The first-order valence-corrected chi connectivity index (χ1v) is 7.51. The van der Waals surface area contributed by atoms with Crippen molar-refractivity contribution in [2.75, 3.05) is 19.0 Å². The first-order chi connectivity index (χ1) is 9.38. The average Bonchev–Trinajstić information content (AvgIpc) is 2.37. The van der Waals surface area contributed by atoms with Crippen molar-refractivity contribution in [3.63, 3.8) is 0 Å². The first-order valence-electron chi connectivity index (χ1n) is 6.71. The number of benzene rings is 1.